The van der Waals surface area contributed by atoms with Gasteiger partial charge in [-0.3, -0.25) is 0 Å². The summed E-state index contributed by atoms with van der Waals surface area (Å²) in [5.74, 6) is 5.35. The van der Waals surface area contributed by atoms with Gasteiger partial charge in [0.1, 0.15) is 23.1 Å². The summed E-state index contributed by atoms with van der Waals surface area (Å²) in [5, 5.41) is 18.4. The van der Waals surface area contributed by atoms with Gasteiger partial charge in [0.2, 0.25) is 10.3 Å². The number of ether oxygens (including phenoxy) is 2. The molecule has 0 bridgehead atoms. The summed E-state index contributed by atoms with van der Waals surface area (Å²) in [5.41, 5.74) is 9.43. The minimum atomic E-state index is 0.214. The highest BCUT2D eigenvalue weighted by Crippen LogP contribution is 2.31. The van der Waals surface area contributed by atoms with Crippen molar-refractivity contribution in [3.8, 4) is 11.5 Å². The molecule has 0 radical (unpaired) electrons. The maximum atomic E-state index is 5.95. The molecular weight excluding hydrogens is 520 g/mol. The van der Waals surface area contributed by atoms with Crippen molar-refractivity contribution in [2.75, 3.05) is 35.6 Å². The Labute approximate surface area is 229 Å². The number of nitrogens with zero attached hydrogens (tertiary/aromatic N) is 6. The molecule has 10 nitrogen and oxygen atoms in total. The van der Waals surface area contributed by atoms with Crippen molar-refractivity contribution in [2.45, 2.75) is 49.1 Å². The summed E-state index contributed by atoms with van der Waals surface area (Å²) >= 11 is 3.43. The molecule has 2 atom stereocenters. The van der Waals surface area contributed by atoms with E-state index in [-0.39, 0.29) is 12.1 Å². The van der Waals surface area contributed by atoms with E-state index in [9.17, 15) is 0 Å². The van der Waals surface area contributed by atoms with E-state index in [0.717, 1.165) is 57.8 Å². The summed E-state index contributed by atoms with van der Waals surface area (Å²) in [6.07, 6.45) is 1.86. The van der Waals surface area contributed by atoms with Crippen molar-refractivity contribution in [3.05, 3.63) is 71.3 Å². The van der Waals surface area contributed by atoms with E-state index in [2.05, 4.69) is 55.5 Å². The van der Waals surface area contributed by atoms with Crippen LogP contribution in [-0.2, 0) is 0 Å². The van der Waals surface area contributed by atoms with E-state index >= 15 is 0 Å². The summed E-state index contributed by atoms with van der Waals surface area (Å²) in [6.45, 7) is 5.24. The lowest BCUT2D eigenvalue weighted by molar-refractivity contribution is 0.266. The number of thioether (sulfide) groups is 2. The van der Waals surface area contributed by atoms with Crippen LogP contribution in [0.15, 0.2) is 58.8 Å². The van der Waals surface area contributed by atoms with Gasteiger partial charge in [-0.05, 0) is 62.1 Å². The van der Waals surface area contributed by atoms with Crippen LogP contribution in [0.4, 0.5) is 0 Å². The van der Waals surface area contributed by atoms with Gasteiger partial charge >= 0.3 is 0 Å². The number of hydrogen-bond acceptors (Lipinski definition) is 10. The fourth-order valence-electron chi connectivity index (χ4n) is 4.39. The quantitative estimate of drug-likeness (QED) is 0.289. The SMILES string of the molecule is Cc1nnc2n1NC(c1ccc(OCCCCOc3ccc(C4CSc5nnc(C)n5N4)cc3)cc1)CS2. The zero-order chi connectivity index (χ0) is 25.9. The first-order chi connectivity index (χ1) is 18.6. The van der Waals surface area contributed by atoms with Crippen LogP contribution in [0.5, 0.6) is 11.5 Å². The Morgan fingerprint density at radius 3 is 1.53 bits per heavy atom. The van der Waals surface area contributed by atoms with Gasteiger partial charge < -0.3 is 20.3 Å². The Morgan fingerprint density at radius 2 is 1.11 bits per heavy atom. The second kappa shape index (κ2) is 11.2. The molecule has 2 N–H and O–H groups in total. The molecule has 0 spiro atoms. The molecule has 2 aromatic heterocycles. The predicted octanol–water partition coefficient (Wildman–Crippen LogP) is 4.51. The van der Waals surface area contributed by atoms with Crippen LogP contribution in [0, 0.1) is 13.8 Å². The van der Waals surface area contributed by atoms with E-state index in [1.807, 2.05) is 47.5 Å². The zero-order valence-corrected chi connectivity index (χ0v) is 23.0. The molecule has 2 aliphatic heterocycles. The van der Waals surface area contributed by atoms with Crippen LogP contribution in [0.2, 0.25) is 0 Å². The second-order valence-electron chi connectivity index (χ2n) is 9.26. The van der Waals surface area contributed by atoms with Crippen LogP contribution < -0.4 is 20.3 Å². The summed E-state index contributed by atoms with van der Waals surface area (Å²) < 4.78 is 15.8. The van der Waals surface area contributed by atoms with Gasteiger partial charge in [-0.1, -0.05) is 47.8 Å². The van der Waals surface area contributed by atoms with Gasteiger partial charge in [-0.2, -0.15) is 0 Å². The largest absolute Gasteiger partial charge is 0.494 e. The fraction of sp³-hybridized carbons (Fsp3) is 0.385. The van der Waals surface area contributed by atoms with Gasteiger partial charge in [0, 0.05) is 11.5 Å². The molecule has 0 saturated heterocycles. The molecule has 2 aromatic carbocycles. The molecule has 4 aromatic rings. The van der Waals surface area contributed by atoms with Crippen LogP contribution >= 0.6 is 23.5 Å². The summed E-state index contributed by atoms with van der Waals surface area (Å²) in [4.78, 5) is 0. The predicted molar refractivity (Wildman–Crippen MR) is 148 cm³/mol. The third kappa shape index (κ3) is 5.41. The number of hydrogen-bond donors (Lipinski definition) is 2. The zero-order valence-electron chi connectivity index (χ0n) is 21.3. The van der Waals surface area contributed by atoms with Crippen LogP contribution in [0.1, 0.15) is 47.7 Å². The molecule has 0 amide bonds. The Kier molecular flexibility index (Phi) is 7.32. The van der Waals surface area contributed by atoms with E-state index in [1.165, 1.54) is 11.1 Å². The van der Waals surface area contributed by atoms with Gasteiger partial charge in [-0.25, -0.2) is 9.35 Å². The highest BCUT2D eigenvalue weighted by Gasteiger charge is 2.23. The average Bonchev–Trinajstić information content (AvgIpc) is 3.52. The highest BCUT2D eigenvalue weighted by molar-refractivity contribution is 7.99. The van der Waals surface area contributed by atoms with Crippen LogP contribution in [0.3, 0.4) is 0 Å². The minimum absolute atomic E-state index is 0.214. The second-order valence-corrected chi connectivity index (χ2v) is 11.2. The Morgan fingerprint density at radius 1 is 0.684 bits per heavy atom. The Balaban J connectivity index is 0.900. The molecule has 6 rings (SSSR count). The third-order valence-corrected chi connectivity index (χ3v) is 8.60. The first-order valence-electron chi connectivity index (χ1n) is 12.7. The van der Waals surface area contributed by atoms with Gasteiger partial charge in [0.05, 0.1) is 25.3 Å². The number of aryl methyl sites for hydroxylation is 2. The van der Waals surface area contributed by atoms with Crippen molar-refractivity contribution >= 4 is 23.5 Å². The maximum Gasteiger partial charge on any atom is 0.210 e. The van der Waals surface area contributed by atoms with Gasteiger partial charge in [-0.15, -0.1) is 20.4 Å². The van der Waals surface area contributed by atoms with Crippen molar-refractivity contribution in [1.82, 2.24) is 29.7 Å². The Bertz CT molecular complexity index is 1270. The average molecular weight is 551 g/mol. The summed E-state index contributed by atoms with van der Waals surface area (Å²) in [7, 11) is 0. The van der Waals surface area contributed by atoms with Crippen molar-refractivity contribution in [1.29, 1.82) is 0 Å². The first kappa shape index (κ1) is 24.9. The smallest absolute Gasteiger partial charge is 0.210 e. The lowest BCUT2D eigenvalue weighted by Crippen LogP contribution is -2.28. The van der Waals surface area contributed by atoms with E-state index in [0.29, 0.717) is 13.2 Å². The molecule has 0 aliphatic carbocycles. The molecule has 2 aliphatic rings. The van der Waals surface area contributed by atoms with Crippen molar-refractivity contribution in [2.24, 2.45) is 0 Å². The lowest BCUT2D eigenvalue weighted by atomic mass is 10.1. The molecule has 0 fully saturated rings. The minimum Gasteiger partial charge on any atom is -0.494 e. The number of unbranched alkanes of at least 4 members (excludes halogenated alkanes) is 1. The van der Waals surface area contributed by atoms with Gasteiger partial charge in [0.25, 0.3) is 0 Å². The Hall–Kier alpha value is -3.38. The number of benzene rings is 2. The number of aromatic nitrogens is 6. The van der Waals surface area contributed by atoms with Gasteiger partial charge in [0.15, 0.2) is 0 Å². The normalized spacial score (nSPS) is 18.2. The molecule has 198 valence electrons. The fourth-order valence-corrected chi connectivity index (χ4v) is 6.38. The number of rotatable bonds is 9. The number of nitrogens with one attached hydrogen (secondary N) is 2. The van der Waals surface area contributed by atoms with E-state index in [4.69, 9.17) is 9.47 Å². The van der Waals surface area contributed by atoms with Crippen LogP contribution in [0.25, 0.3) is 0 Å². The van der Waals surface area contributed by atoms with E-state index < -0.39 is 0 Å². The third-order valence-electron chi connectivity index (χ3n) is 6.56. The van der Waals surface area contributed by atoms with Crippen molar-refractivity contribution in [3.63, 3.8) is 0 Å². The highest BCUT2D eigenvalue weighted by atomic mass is 32.2. The topological polar surface area (TPSA) is 104 Å². The maximum absolute atomic E-state index is 5.95. The lowest BCUT2D eigenvalue weighted by Gasteiger charge is -2.26. The standard InChI is InChI=1S/C26H30N8O2S2/c1-17-27-29-25-33(17)31-23(15-37-25)19-5-9-21(10-6-19)35-13-3-4-14-36-22-11-7-20(8-12-22)24-16-38-26-30-28-18(2)34(26)32-24/h5-12,23-24,31-32H,3-4,13-16H2,1-2H3. The monoisotopic (exact) mass is 550 g/mol. The molecule has 4 heterocycles. The molecular formula is C26H30N8O2S2. The van der Waals surface area contributed by atoms with E-state index in [1.54, 1.807) is 23.5 Å². The molecule has 12 heteroatoms. The first-order valence-corrected chi connectivity index (χ1v) is 14.7. The van der Waals surface area contributed by atoms with Crippen molar-refractivity contribution < 1.29 is 9.47 Å². The summed E-state index contributed by atoms with van der Waals surface area (Å²) in [6, 6.07) is 17.1. The molecule has 0 saturated carbocycles. The number of fused-ring (bicyclic) bond motifs is 2. The molecule has 2 unspecified atom stereocenters. The van der Waals surface area contributed by atoms with Crippen LogP contribution in [-0.4, -0.2) is 54.5 Å². The molecule has 38 heavy (non-hydrogen) atoms.